The van der Waals surface area contributed by atoms with Crippen LogP contribution in [0.25, 0.3) is 0 Å². The fourth-order valence-corrected chi connectivity index (χ4v) is 1.63. The highest BCUT2D eigenvalue weighted by molar-refractivity contribution is 6.08. The van der Waals surface area contributed by atoms with E-state index >= 15 is 0 Å². The van der Waals surface area contributed by atoms with E-state index in [2.05, 4.69) is 12.2 Å². The van der Waals surface area contributed by atoms with E-state index in [0.29, 0.717) is 0 Å². The van der Waals surface area contributed by atoms with Gasteiger partial charge in [0.1, 0.15) is 0 Å². The summed E-state index contributed by atoms with van der Waals surface area (Å²) < 4.78 is 0. The molecule has 0 aliphatic carbocycles. The maximum Gasteiger partial charge on any atom is 0.00286 e. The number of rotatable bonds is 9. The molecule has 0 fully saturated rings. The first-order chi connectivity index (χ1) is 5.91. The zero-order valence-corrected chi connectivity index (χ0v) is 10.9. The summed E-state index contributed by atoms with van der Waals surface area (Å²) in [6.07, 6.45) is 8.39. The average Bonchev–Trinajstić information content (AvgIpc) is 2.10. The van der Waals surface area contributed by atoms with Crippen LogP contribution in [0.5, 0.6) is 0 Å². The van der Waals surface area contributed by atoms with E-state index in [1.165, 1.54) is 67.9 Å². The molecule has 0 spiro atoms. The summed E-state index contributed by atoms with van der Waals surface area (Å²) in [6, 6.07) is 1.45. The molecule has 0 aliphatic heterocycles. The van der Waals surface area contributed by atoms with Gasteiger partial charge >= 0.3 is 0 Å². The van der Waals surface area contributed by atoms with Crippen LogP contribution in [-0.2, 0) is 0 Å². The molecule has 0 atom stereocenters. The van der Waals surface area contributed by atoms with Crippen molar-refractivity contribution in [3.63, 3.8) is 0 Å². The predicted octanol–water partition coefficient (Wildman–Crippen LogP) is 1.72. The van der Waals surface area contributed by atoms with Crippen molar-refractivity contribution in [3.8, 4) is 0 Å². The van der Waals surface area contributed by atoms with Gasteiger partial charge in [-0.25, -0.2) is 0 Å². The van der Waals surface area contributed by atoms with Gasteiger partial charge in [-0.2, -0.15) is 0 Å². The molecule has 0 saturated heterocycles. The van der Waals surface area contributed by atoms with Gasteiger partial charge in [0, 0.05) is 10.2 Å². The van der Waals surface area contributed by atoms with Gasteiger partial charge in [-0.05, 0) is 25.9 Å². The third-order valence-electron chi connectivity index (χ3n) is 2.16. The summed E-state index contributed by atoms with van der Waals surface area (Å²) in [5.41, 5.74) is 0. The first kappa shape index (κ1) is 12.2. The number of nitrogens with one attached hydrogen (secondary N) is 1. The van der Waals surface area contributed by atoms with Crippen molar-refractivity contribution in [1.82, 2.24) is 5.32 Å². The van der Waals surface area contributed by atoms with E-state index in [1.807, 2.05) is 0 Å². The molecule has 0 aromatic carbocycles. The molecule has 0 aromatic heterocycles. The molecule has 1 nitrogen and oxygen atoms in total. The Balaban J connectivity index is 2.73. The summed E-state index contributed by atoms with van der Waals surface area (Å²) in [7, 11) is 1.37. The Morgan fingerprint density at radius 2 is 1.58 bits per heavy atom. The highest BCUT2D eigenvalue weighted by Gasteiger charge is 1.88. The Kier molecular flexibility index (Phi) is 11.3. The van der Waals surface area contributed by atoms with E-state index in [9.17, 15) is 0 Å². The van der Waals surface area contributed by atoms with Gasteiger partial charge in [-0.3, -0.25) is 0 Å². The maximum absolute atomic E-state index is 3.49. The standard InChI is InChI=1S/C10H25NSi/c1-2-3-4-5-6-8-11-9-7-10-12/h11H,2-10H2,1,12H3. The summed E-state index contributed by atoms with van der Waals surface area (Å²) in [6.45, 7) is 4.76. The second kappa shape index (κ2) is 11.2. The zero-order chi connectivity index (χ0) is 9.07. The van der Waals surface area contributed by atoms with Crippen LogP contribution in [0.4, 0.5) is 0 Å². The van der Waals surface area contributed by atoms with Crippen LogP contribution in [0.15, 0.2) is 0 Å². The van der Waals surface area contributed by atoms with Crippen LogP contribution in [0.3, 0.4) is 0 Å². The Labute approximate surface area is 80.7 Å². The summed E-state index contributed by atoms with van der Waals surface area (Å²) in [4.78, 5) is 0. The molecular formula is C10H25NSi. The highest BCUT2D eigenvalue weighted by Crippen LogP contribution is 2.00. The van der Waals surface area contributed by atoms with Crippen molar-refractivity contribution >= 4 is 10.2 Å². The fourth-order valence-electron chi connectivity index (χ4n) is 1.28. The molecule has 1 N–H and O–H groups in total. The molecular weight excluding hydrogens is 162 g/mol. The minimum absolute atomic E-state index is 1.24. The fraction of sp³-hybridized carbons (Fsp3) is 1.00. The third-order valence-corrected chi connectivity index (χ3v) is 2.87. The minimum Gasteiger partial charge on any atom is -0.317 e. The summed E-state index contributed by atoms with van der Waals surface area (Å²) in [5, 5.41) is 3.49. The number of hydrogen-bond donors (Lipinski definition) is 1. The van der Waals surface area contributed by atoms with Crippen LogP contribution < -0.4 is 5.32 Å². The molecule has 0 saturated carbocycles. The van der Waals surface area contributed by atoms with Crippen molar-refractivity contribution in [3.05, 3.63) is 0 Å². The molecule has 12 heavy (non-hydrogen) atoms. The lowest BCUT2D eigenvalue weighted by Crippen LogP contribution is -2.16. The Morgan fingerprint density at radius 3 is 2.25 bits per heavy atom. The number of hydrogen-bond acceptors (Lipinski definition) is 1. The minimum atomic E-state index is 1.24. The van der Waals surface area contributed by atoms with Crippen molar-refractivity contribution in [2.24, 2.45) is 0 Å². The monoisotopic (exact) mass is 187 g/mol. The third kappa shape index (κ3) is 10.2. The molecule has 0 bridgehead atoms. The van der Waals surface area contributed by atoms with E-state index in [1.54, 1.807) is 0 Å². The van der Waals surface area contributed by atoms with Gasteiger partial charge in [0.25, 0.3) is 0 Å². The molecule has 0 aliphatic rings. The average molecular weight is 187 g/mol. The van der Waals surface area contributed by atoms with Gasteiger partial charge < -0.3 is 5.32 Å². The first-order valence-corrected chi connectivity index (χ1v) is 7.04. The van der Waals surface area contributed by atoms with Gasteiger partial charge in [0.05, 0.1) is 0 Å². The van der Waals surface area contributed by atoms with Gasteiger partial charge in [0.15, 0.2) is 0 Å². The highest BCUT2D eigenvalue weighted by atomic mass is 28.1. The Morgan fingerprint density at radius 1 is 0.917 bits per heavy atom. The lowest BCUT2D eigenvalue weighted by atomic mass is 10.1. The van der Waals surface area contributed by atoms with Crippen molar-refractivity contribution in [1.29, 1.82) is 0 Å². The second-order valence-corrected chi connectivity index (χ2v) is 4.52. The first-order valence-electron chi connectivity index (χ1n) is 5.62. The Bertz CT molecular complexity index is 66.2. The van der Waals surface area contributed by atoms with Gasteiger partial charge in [-0.15, -0.1) is 0 Å². The Hall–Kier alpha value is 0.177. The zero-order valence-electron chi connectivity index (χ0n) is 8.86. The molecule has 74 valence electrons. The SMILES string of the molecule is CCCCCCCNCCC[SiH3]. The van der Waals surface area contributed by atoms with Gasteiger partial charge in [-0.1, -0.05) is 38.7 Å². The summed E-state index contributed by atoms with van der Waals surface area (Å²) in [5.74, 6) is 0. The molecule has 0 amide bonds. The number of unbranched alkanes of at least 4 members (excludes halogenated alkanes) is 4. The quantitative estimate of drug-likeness (QED) is 0.428. The van der Waals surface area contributed by atoms with Crippen molar-refractivity contribution in [2.45, 2.75) is 51.5 Å². The smallest absolute Gasteiger partial charge is 0.00286 e. The van der Waals surface area contributed by atoms with Crippen LogP contribution in [0.2, 0.25) is 6.04 Å². The molecule has 0 radical (unpaired) electrons. The van der Waals surface area contributed by atoms with E-state index in [-0.39, 0.29) is 0 Å². The lowest BCUT2D eigenvalue weighted by molar-refractivity contribution is 0.581. The predicted molar refractivity (Wildman–Crippen MR) is 61.0 cm³/mol. The second-order valence-electron chi connectivity index (χ2n) is 3.52. The molecule has 0 aromatic rings. The van der Waals surface area contributed by atoms with Crippen LogP contribution in [0.1, 0.15) is 45.4 Å². The van der Waals surface area contributed by atoms with Crippen LogP contribution >= 0.6 is 0 Å². The van der Waals surface area contributed by atoms with Gasteiger partial charge in [0.2, 0.25) is 0 Å². The molecule has 0 unspecified atom stereocenters. The van der Waals surface area contributed by atoms with Crippen molar-refractivity contribution < 1.29 is 0 Å². The molecule has 0 heterocycles. The topological polar surface area (TPSA) is 12.0 Å². The molecule has 2 heteroatoms. The lowest BCUT2D eigenvalue weighted by Gasteiger charge is -2.02. The molecule has 0 rings (SSSR count). The van der Waals surface area contributed by atoms with E-state index in [0.717, 1.165) is 0 Å². The largest absolute Gasteiger partial charge is 0.317 e. The normalized spacial score (nSPS) is 10.8. The maximum atomic E-state index is 3.49. The van der Waals surface area contributed by atoms with E-state index in [4.69, 9.17) is 0 Å². The summed E-state index contributed by atoms with van der Waals surface area (Å²) >= 11 is 0. The van der Waals surface area contributed by atoms with Crippen molar-refractivity contribution in [2.75, 3.05) is 13.1 Å². The van der Waals surface area contributed by atoms with Crippen LogP contribution in [-0.4, -0.2) is 23.3 Å². The van der Waals surface area contributed by atoms with E-state index < -0.39 is 0 Å². The van der Waals surface area contributed by atoms with Crippen LogP contribution in [0, 0.1) is 0 Å².